The SMILES string of the molecule is CC1CCC(Nc2nc3c(s2)CN(C(=O)c2cc4c(Cl)cc(F)cc4[nH]2)CC3)CC1. The van der Waals surface area contributed by atoms with E-state index in [1.165, 1.54) is 37.8 Å². The molecular formula is C22H24ClFN4OS. The lowest BCUT2D eigenvalue weighted by Crippen LogP contribution is -2.35. The van der Waals surface area contributed by atoms with Crippen LogP contribution in [-0.2, 0) is 13.0 Å². The molecule has 0 atom stereocenters. The fourth-order valence-corrected chi connectivity index (χ4v) is 5.82. The quantitative estimate of drug-likeness (QED) is 0.550. The molecule has 0 radical (unpaired) electrons. The number of H-pyrrole nitrogens is 1. The Balaban J connectivity index is 1.30. The van der Waals surface area contributed by atoms with Crippen LogP contribution in [0.3, 0.4) is 0 Å². The van der Waals surface area contributed by atoms with E-state index in [0.29, 0.717) is 40.8 Å². The number of rotatable bonds is 3. The summed E-state index contributed by atoms with van der Waals surface area (Å²) in [5.74, 6) is 0.300. The highest BCUT2D eigenvalue weighted by atomic mass is 35.5. The molecule has 3 aromatic rings. The molecule has 1 fully saturated rings. The van der Waals surface area contributed by atoms with Crippen molar-refractivity contribution >= 4 is 44.9 Å². The molecular weight excluding hydrogens is 423 g/mol. The zero-order valence-corrected chi connectivity index (χ0v) is 18.4. The number of amides is 1. The third kappa shape index (κ3) is 3.81. The van der Waals surface area contributed by atoms with Crippen LogP contribution in [0.25, 0.3) is 10.9 Å². The Morgan fingerprint density at radius 1 is 1.30 bits per heavy atom. The third-order valence-electron chi connectivity index (χ3n) is 6.24. The van der Waals surface area contributed by atoms with Crippen LogP contribution in [0, 0.1) is 11.7 Å². The maximum atomic E-state index is 13.6. The highest BCUT2D eigenvalue weighted by Crippen LogP contribution is 2.33. The van der Waals surface area contributed by atoms with Crippen LogP contribution in [0.1, 0.15) is 53.7 Å². The minimum absolute atomic E-state index is 0.0995. The van der Waals surface area contributed by atoms with E-state index in [9.17, 15) is 9.18 Å². The van der Waals surface area contributed by atoms with Gasteiger partial charge < -0.3 is 15.2 Å². The molecule has 1 aliphatic carbocycles. The van der Waals surface area contributed by atoms with Crippen molar-refractivity contribution in [1.82, 2.24) is 14.9 Å². The fourth-order valence-electron chi connectivity index (χ4n) is 4.46. The van der Waals surface area contributed by atoms with Gasteiger partial charge in [0.05, 0.1) is 22.8 Å². The summed E-state index contributed by atoms with van der Waals surface area (Å²) in [5, 5.41) is 5.54. The van der Waals surface area contributed by atoms with Gasteiger partial charge in [0.1, 0.15) is 11.5 Å². The summed E-state index contributed by atoms with van der Waals surface area (Å²) in [6.45, 7) is 3.49. The lowest BCUT2D eigenvalue weighted by atomic mass is 9.87. The van der Waals surface area contributed by atoms with Gasteiger partial charge in [-0.2, -0.15) is 0 Å². The van der Waals surface area contributed by atoms with Gasteiger partial charge in [-0.1, -0.05) is 29.9 Å². The fraction of sp³-hybridized carbons (Fsp3) is 0.455. The van der Waals surface area contributed by atoms with Crippen LogP contribution in [0.4, 0.5) is 9.52 Å². The normalized spacial score (nSPS) is 21.6. The molecule has 2 aromatic heterocycles. The minimum Gasteiger partial charge on any atom is -0.359 e. The van der Waals surface area contributed by atoms with Gasteiger partial charge in [-0.25, -0.2) is 9.37 Å². The summed E-state index contributed by atoms with van der Waals surface area (Å²) >= 11 is 7.78. The molecule has 5 rings (SSSR count). The van der Waals surface area contributed by atoms with Crippen LogP contribution in [0.2, 0.25) is 5.02 Å². The summed E-state index contributed by atoms with van der Waals surface area (Å²) in [6.07, 6.45) is 5.67. The van der Waals surface area contributed by atoms with Crippen LogP contribution >= 0.6 is 22.9 Å². The maximum Gasteiger partial charge on any atom is 0.270 e. The van der Waals surface area contributed by atoms with Crippen molar-refractivity contribution in [3.05, 3.63) is 45.3 Å². The topological polar surface area (TPSA) is 61.0 Å². The van der Waals surface area contributed by atoms with E-state index in [2.05, 4.69) is 17.2 Å². The summed E-state index contributed by atoms with van der Waals surface area (Å²) in [6, 6.07) is 4.83. The maximum absolute atomic E-state index is 13.6. The lowest BCUT2D eigenvalue weighted by molar-refractivity contribution is 0.0731. The van der Waals surface area contributed by atoms with Gasteiger partial charge in [0.25, 0.3) is 5.91 Å². The molecule has 1 aromatic carbocycles. The molecule has 2 aliphatic rings. The van der Waals surface area contributed by atoms with Crippen LogP contribution in [0.5, 0.6) is 0 Å². The van der Waals surface area contributed by atoms with Crippen LogP contribution in [-0.4, -0.2) is 33.4 Å². The van der Waals surface area contributed by atoms with Gasteiger partial charge in [-0.15, -0.1) is 0 Å². The first-order valence-corrected chi connectivity index (χ1v) is 11.7. The molecule has 30 heavy (non-hydrogen) atoms. The average molecular weight is 447 g/mol. The number of thiazole rings is 1. The van der Waals surface area contributed by atoms with E-state index >= 15 is 0 Å². The van der Waals surface area contributed by atoms with Crippen molar-refractivity contribution in [3.63, 3.8) is 0 Å². The summed E-state index contributed by atoms with van der Waals surface area (Å²) in [5.41, 5.74) is 2.06. The molecule has 8 heteroatoms. The molecule has 2 N–H and O–H groups in total. The standard InChI is InChI=1S/C22H24ClFN4OS/c1-12-2-4-14(5-3-12)25-22-27-17-6-7-28(11-20(17)30-22)21(29)19-10-15-16(23)8-13(24)9-18(15)26-19/h8-10,12,14,26H,2-7,11H2,1H3,(H,25,27). The first-order chi connectivity index (χ1) is 14.5. The molecule has 158 valence electrons. The number of anilines is 1. The predicted molar refractivity (Wildman–Crippen MR) is 119 cm³/mol. The van der Waals surface area contributed by atoms with Crippen molar-refractivity contribution < 1.29 is 9.18 Å². The van der Waals surface area contributed by atoms with Crippen molar-refractivity contribution in [2.24, 2.45) is 5.92 Å². The highest BCUT2D eigenvalue weighted by Gasteiger charge is 2.27. The van der Waals surface area contributed by atoms with Gasteiger partial charge in [-0.05, 0) is 49.8 Å². The van der Waals surface area contributed by atoms with Gasteiger partial charge in [0.2, 0.25) is 0 Å². The number of nitrogens with zero attached hydrogens (tertiary/aromatic N) is 2. The minimum atomic E-state index is -0.423. The Kier molecular flexibility index (Phi) is 5.19. The second kappa shape index (κ2) is 7.85. The van der Waals surface area contributed by atoms with Gasteiger partial charge >= 0.3 is 0 Å². The number of hydrogen-bond donors (Lipinski definition) is 2. The van der Waals surface area contributed by atoms with E-state index in [0.717, 1.165) is 28.0 Å². The predicted octanol–water partition coefficient (Wildman–Crippen LogP) is 5.61. The van der Waals surface area contributed by atoms with Gasteiger partial charge in [0.15, 0.2) is 5.13 Å². The Hall–Kier alpha value is -2.12. The number of benzene rings is 1. The number of nitrogens with one attached hydrogen (secondary N) is 2. The third-order valence-corrected chi connectivity index (χ3v) is 7.57. The second-order valence-corrected chi connectivity index (χ2v) is 9.99. The Labute approximate surface area is 183 Å². The number of fused-ring (bicyclic) bond motifs is 2. The Bertz CT molecular complexity index is 1100. The monoisotopic (exact) mass is 446 g/mol. The number of halogens is 2. The van der Waals surface area contributed by atoms with Crippen LogP contribution in [0.15, 0.2) is 18.2 Å². The highest BCUT2D eigenvalue weighted by molar-refractivity contribution is 7.15. The smallest absolute Gasteiger partial charge is 0.270 e. The molecule has 0 unspecified atom stereocenters. The van der Waals surface area contributed by atoms with E-state index in [1.807, 2.05) is 4.90 Å². The zero-order chi connectivity index (χ0) is 20.8. The van der Waals surface area contributed by atoms with Crippen LogP contribution < -0.4 is 5.32 Å². The average Bonchev–Trinajstić information content (AvgIpc) is 3.32. The molecule has 1 amide bonds. The summed E-state index contributed by atoms with van der Waals surface area (Å²) in [7, 11) is 0. The number of aromatic nitrogens is 2. The molecule has 5 nitrogen and oxygen atoms in total. The number of carbonyl (C=O) groups excluding carboxylic acids is 1. The zero-order valence-electron chi connectivity index (χ0n) is 16.8. The van der Waals surface area contributed by atoms with E-state index in [-0.39, 0.29) is 5.91 Å². The summed E-state index contributed by atoms with van der Waals surface area (Å²) < 4.78 is 13.6. The van der Waals surface area contributed by atoms with Gasteiger partial charge in [0, 0.05) is 29.3 Å². The van der Waals surface area contributed by atoms with Crippen molar-refractivity contribution in [1.29, 1.82) is 0 Å². The Morgan fingerprint density at radius 2 is 2.10 bits per heavy atom. The van der Waals surface area contributed by atoms with Crippen molar-refractivity contribution in [2.45, 2.75) is 51.6 Å². The Morgan fingerprint density at radius 3 is 2.90 bits per heavy atom. The first kappa shape index (κ1) is 19.8. The second-order valence-electron chi connectivity index (χ2n) is 8.50. The van der Waals surface area contributed by atoms with Crippen molar-refractivity contribution in [2.75, 3.05) is 11.9 Å². The summed E-state index contributed by atoms with van der Waals surface area (Å²) in [4.78, 5) is 23.8. The van der Waals surface area contributed by atoms with E-state index in [1.54, 1.807) is 17.4 Å². The lowest BCUT2D eigenvalue weighted by Gasteiger charge is -2.26. The number of aromatic amines is 1. The van der Waals surface area contributed by atoms with Gasteiger partial charge in [-0.3, -0.25) is 4.79 Å². The molecule has 0 saturated heterocycles. The van der Waals surface area contributed by atoms with E-state index in [4.69, 9.17) is 16.6 Å². The molecule has 1 aliphatic heterocycles. The first-order valence-electron chi connectivity index (χ1n) is 10.5. The number of hydrogen-bond acceptors (Lipinski definition) is 4. The molecule has 0 spiro atoms. The molecule has 1 saturated carbocycles. The molecule has 3 heterocycles. The number of carbonyl (C=O) groups is 1. The largest absolute Gasteiger partial charge is 0.359 e. The molecule has 0 bridgehead atoms. The van der Waals surface area contributed by atoms with Crippen molar-refractivity contribution in [3.8, 4) is 0 Å². The van der Waals surface area contributed by atoms with E-state index < -0.39 is 5.82 Å².